The summed E-state index contributed by atoms with van der Waals surface area (Å²) in [5, 5.41) is 17.0. The van der Waals surface area contributed by atoms with Gasteiger partial charge in [-0.25, -0.2) is 4.98 Å². The van der Waals surface area contributed by atoms with Gasteiger partial charge in [-0.15, -0.1) is 11.3 Å². The molecule has 1 saturated heterocycles. The predicted molar refractivity (Wildman–Crippen MR) is 116 cm³/mol. The van der Waals surface area contributed by atoms with Gasteiger partial charge in [-0.1, -0.05) is 0 Å². The molecule has 1 amide bonds. The first kappa shape index (κ1) is 19.6. The van der Waals surface area contributed by atoms with E-state index in [1.165, 1.54) is 22.7 Å². The third-order valence-corrected chi connectivity index (χ3v) is 6.63. The summed E-state index contributed by atoms with van der Waals surface area (Å²) < 4.78 is 5.33. The number of rotatable bonds is 5. The van der Waals surface area contributed by atoms with Crippen molar-refractivity contribution in [2.75, 3.05) is 50.9 Å². The van der Waals surface area contributed by atoms with Gasteiger partial charge < -0.3 is 21.5 Å². The van der Waals surface area contributed by atoms with Crippen LogP contribution in [0.15, 0.2) is 16.8 Å². The number of hydrogen-bond donors (Lipinski definition) is 3. The number of fused-ring (bicyclic) bond motifs is 1. The molecule has 1 aliphatic rings. The Morgan fingerprint density at radius 3 is 2.86 bits per heavy atom. The first-order chi connectivity index (χ1) is 14.1. The molecule has 0 aromatic carbocycles. The van der Waals surface area contributed by atoms with Crippen molar-refractivity contribution < 1.29 is 9.53 Å². The summed E-state index contributed by atoms with van der Waals surface area (Å²) in [7, 11) is 0. The lowest BCUT2D eigenvalue weighted by Gasteiger charge is -2.26. The molecular formula is C19H20N6O2S2. The number of carbonyl (C=O) groups is 1. The molecule has 0 bridgehead atoms. The van der Waals surface area contributed by atoms with Crippen LogP contribution in [0.3, 0.4) is 0 Å². The molecule has 0 saturated carbocycles. The van der Waals surface area contributed by atoms with E-state index >= 15 is 0 Å². The topological polar surface area (TPSA) is 130 Å². The lowest BCUT2D eigenvalue weighted by atomic mass is 9.99. The second-order valence-electron chi connectivity index (χ2n) is 6.61. The van der Waals surface area contributed by atoms with Gasteiger partial charge in [0, 0.05) is 37.1 Å². The molecule has 150 valence electrons. The van der Waals surface area contributed by atoms with E-state index in [1.807, 2.05) is 16.8 Å². The number of ether oxygens (including phenoxy) is 1. The summed E-state index contributed by atoms with van der Waals surface area (Å²) in [6.45, 7) is 4.44. The number of thiophene rings is 2. The van der Waals surface area contributed by atoms with Gasteiger partial charge in [0.05, 0.1) is 18.9 Å². The van der Waals surface area contributed by atoms with Crippen molar-refractivity contribution in [1.29, 1.82) is 5.26 Å². The number of aromatic nitrogens is 1. The maximum atomic E-state index is 12.8. The molecule has 29 heavy (non-hydrogen) atoms. The van der Waals surface area contributed by atoms with E-state index in [-0.39, 0.29) is 17.3 Å². The van der Waals surface area contributed by atoms with Gasteiger partial charge in [0.25, 0.3) is 5.91 Å². The van der Waals surface area contributed by atoms with Crippen molar-refractivity contribution in [3.8, 4) is 17.2 Å². The van der Waals surface area contributed by atoms with Crippen LogP contribution in [0.1, 0.15) is 15.2 Å². The number of nitrogens with one attached hydrogen (secondary N) is 1. The van der Waals surface area contributed by atoms with Gasteiger partial charge >= 0.3 is 0 Å². The molecule has 1 fully saturated rings. The zero-order valence-corrected chi connectivity index (χ0v) is 17.2. The first-order valence-corrected chi connectivity index (χ1v) is 10.9. The minimum Gasteiger partial charge on any atom is -0.397 e. The normalized spacial score (nSPS) is 14.7. The van der Waals surface area contributed by atoms with E-state index in [4.69, 9.17) is 16.2 Å². The number of amides is 1. The van der Waals surface area contributed by atoms with E-state index in [1.54, 1.807) is 0 Å². The van der Waals surface area contributed by atoms with Crippen molar-refractivity contribution in [2.24, 2.45) is 0 Å². The fraction of sp³-hybridized carbons (Fsp3) is 0.316. The molecule has 3 aromatic heterocycles. The lowest BCUT2D eigenvalue weighted by molar-refractivity contribution is 0.0383. The Morgan fingerprint density at radius 2 is 2.17 bits per heavy atom. The average molecular weight is 429 g/mol. The maximum absolute atomic E-state index is 12.8. The molecule has 0 unspecified atom stereocenters. The summed E-state index contributed by atoms with van der Waals surface area (Å²) in [6, 6.07) is 4.03. The van der Waals surface area contributed by atoms with Crippen molar-refractivity contribution in [3.63, 3.8) is 0 Å². The van der Waals surface area contributed by atoms with Gasteiger partial charge in [0.2, 0.25) is 0 Å². The minimum absolute atomic E-state index is 0.140. The highest BCUT2D eigenvalue weighted by Crippen LogP contribution is 2.42. The second kappa shape index (κ2) is 8.34. The Bertz CT molecular complexity index is 1080. The van der Waals surface area contributed by atoms with Gasteiger partial charge in [-0.05, 0) is 22.4 Å². The Kier molecular flexibility index (Phi) is 5.64. The number of nitrogen functional groups attached to an aromatic ring is 2. The average Bonchev–Trinajstić information content (AvgIpc) is 3.36. The zero-order valence-electron chi connectivity index (χ0n) is 15.6. The molecule has 0 spiro atoms. The molecule has 5 N–H and O–H groups in total. The number of pyridine rings is 1. The summed E-state index contributed by atoms with van der Waals surface area (Å²) in [5.41, 5.74) is 14.5. The fourth-order valence-electron chi connectivity index (χ4n) is 3.38. The molecule has 0 atom stereocenters. The molecule has 0 radical (unpaired) electrons. The van der Waals surface area contributed by atoms with E-state index in [0.29, 0.717) is 32.9 Å². The van der Waals surface area contributed by atoms with Crippen molar-refractivity contribution >= 4 is 50.3 Å². The van der Waals surface area contributed by atoms with Gasteiger partial charge in [0.1, 0.15) is 27.2 Å². The molecule has 8 nitrogen and oxygen atoms in total. The Balaban J connectivity index is 1.64. The molecule has 3 aromatic rings. The highest BCUT2D eigenvalue weighted by molar-refractivity contribution is 7.21. The highest BCUT2D eigenvalue weighted by atomic mass is 32.1. The quantitative estimate of drug-likeness (QED) is 0.567. The first-order valence-electron chi connectivity index (χ1n) is 9.12. The largest absolute Gasteiger partial charge is 0.397 e. The predicted octanol–water partition coefficient (Wildman–Crippen LogP) is 2.12. The Labute approximate surface area is 175 Å². The monoisotopic (exact) mass is 428 g/mol. The number of hydrogen-bond acceptors (Lipinski definition) is 9. The summed E-state index contributed by atoms with van der Waals surface area (Å²) >= 11 is 2.71. The number of nitrogens with zero attached hydrogens (tertiary/aromatic N) is 3. The zero-order chi connectivity index (χ0) is 20.4. The molecule has 10 heteroatoms. The molecule has 4 heterocycles. The van der Waals surface area contributed by atoms with Crippen LogP contribution in [0.5, 0.6) is 0 Å². The van der Waals surface area contributed by atoms with Crippen LogP contribution in [0.4, 0.5) is 11.5 Å². The van der Waals surface area contributed by atoms with Gasteiger partial charge in [0.15, 0.2) is 0 Å². The number of nitrogens with two attached hydrogens (primary N) is 2. The molecule has 0 aliphatic carbocycles. The van der Waals surface area contributed by atoms with Crippen molar-refractivity contribution in [3.05, 3.63) is 27.3 Å². The van der Waals surface area contributed by atoms with Crippen LogP contribution in [0.2, 0.25) is 0 Å². The summed E-state index contributed by atoms with van der Waals surface area (Å²) in [5.74, 6) is -0.103. The number of nitriles is 1. The van der Waals surface area contributed by atoms with Gasteiger partial charge in [-0.3, -0.25) is 9.69 Å². The number of morpholine rings is 1. The molecular weight excluding hydrogens is 408 g/mol. The highest BCUT2D eigenvalue weighted by Gasteiger charge is 2.24. The van der Waals surface area contributed by atoms with E-state index < -0.39 is 0 Å². The van der Waals surface area contributed by atoms with Crippen LogP contribution in [0.25, 0.3) is 21.3 Å². The van der Waals surface area contributed by atoms with Crippen LogP contribution < -0.4 is 16.8 Å². The number of anilines is 2. The fourth-order valence-corrected chi connectivity index (χ4v) is 5.06. The second-order valence-corrected chi connectivity index (χ2v) is 8.38. The van der Waals surface area contributed by atoms with E-state index in [9.17, 15) is 10.1 Å². The van der Waals surface area contributed by atoms with Crippen molar-refractivity contribution in [2.45, 2.75) is 0 Å². The van der Waals surface area contributed by atoms with Crippen LogP contribution in [-0.4, -0.2) is 55.2 Å². The smallest absolute Gasteiger partial charge is 0.263 e. The van der Waals surface area contributed by atoms with Gasteiger partial charge in [-0.2, -0.15) is 16.6 Å². The maximum Gasteiger partial charge on any atom is 0.263 e. The lowest BCUT2D eigenvalue weighted by Crippen LogP contribution is -2.41. The van der Waals surface area contributed by atoms with Crippen LogP contribution in [-0.2, 0) is 4.74 Å². The Hall–Kier alpha value is -2.71. The van der Waals surface area contributed by atoms with Crippen molar-refractivity contribution in [1.82, 2.24) is 15.2 Å². The molecule has 4 rings (SSSR count). The summed E-state index contributed by atoms with van der Waals surface area (Å²) in [4.78, 5) is 20.3. The molecule has 1 aliphatic heterocycles. The number of carbonyl (C=O) groups excluding carboxylic acids is 1. The third kappa shape index (κ3) is 3.77. The SMILES string of the molecule is N#Cc1c(N)nc2sc(C(=O)NCCN3CCOCC3)c(N)c2c1-c1ccsc1. The van der Waals surface area contributed by atoms with Crippen LogP contribution >= 0.6 is 22.7 Å². The van der Waals surface area contributed by atoms with E-state index in [2.05, 4.69) is 21.3 Å². The minimum atomic E-state index is -0.243. The summed E-state index contributed by atoms with van der Waals surface area (Å²) in [6.07, 6.45) is 0. The van der Waals surface area contributed by atoms with E-state index in [0.717, 1.165) is 38.4 Å². The van der Waals surface area contributed by atoms with Crippen LogP contribution in [0, 0.1) is 11.3 Å². The Morgan fingerprint density at radius 1 is 1.38 bits per heavy atom. The third-order valence-electron chi connectivity index (χ3n) is 4.85. The standard InChI is InChI=1S/C19H20N6O2S2/c20-9-12-13(11-1-8-28-10-11)14-15(21)16(29-19(14)24-17(12)22)18(26)23-2-3-25-4-6-27-7-5-25/h1,8,10H,2-7,21H2,(H2,22,24)(H,23,26).